The fourth-order valence-electron chi connectivity index (χ4n) is 2.86. The minimum Gasteiger partial charge on any atom is -0.366 e. The Hall–Kier alpha value is -2.25. The third-order valence-electron chi connectivity index (χ3n) is 4.07. The van der Waals surface area contributed by atoms with E-state index in [0.29, 0.717) is 26.3 Å². The van der Waals surface area contributed by atoms with Crippen LogP contribution in [-0.4, -0.2) is 51.9 Å². The van der Waals surface area contributed by atoms with Crippen LogP contribution in [0.3, 0.4) is 0 Å². The van der Waals surface area contributed by atoms with Crippen LogP contribution in [-0.2, 0) is 21.3 Å². The molecule has 0 N–H and O–H groups in total. The van der Waals surface area contributed by atoms with Gasteiger partial charge in [-0.25, -0.2) is 0 Å². The molecule has 1 aliphatic rings. The van der Waals surface area contributed by atoms with Gasteiger partial charge in [-0.1, -0.05) is 30.3 Å². The van der Waals surface area contributed by atoms with Crippen molar-refractivity contribution >= 4 is 5.91 Å². The molecule has 1 aromatic carbocycles. The van der Waals surface area contributed by atoms with Crippen LogP contribution in [0, 0.1) is 0 Å². The van der Waals surface area contributed by atoms with E-state index in [9.17, 15) is 4.79 Å². The molecule has 1 amide bonds. The molecule has 2 unspecified atom stereocenters. The topological polar surface area (TPSA) is 69.5 Å². The van der Waals surface area contributed by atoms with E-state index in [1.807, 2.05) is 48.9 Å². The number of hydrogen-bond acceptors (Lipinski definition) is 5. The van der Waals surface area contributed by atoms with Crippen molar-refractivity contribution < 1.29 is 14.3 Å². The summed E-state index contributed by atoms with van der Waals surface area (Å²) in [5.74, 6) is 0.679. The predicted octanol–water partition coefficient (Wildman–Crippen LogP) is 1.49. The van der Waals surface area contributed by atoms with E-state index in [2.05, 4.69) is 10.2 Å². The average molecular weight is 330 g/mol. The fourth-order valence-corrected chi connectivity index (χ4v) is 2.86. The number of nitrogens with zero attached hydrogens (tertiary/aromatic N) is 4. The number of carbonyl (C=O) groups is 1. The molecule has 128 valence electrons. The van der Waals surface area contributed by atoms with Gasteiger partial charge in [-0.05, 0) is 12.5 Å². The molecular weight excluding hydrogens is 308 g/mol. The summed E-state index contributed by atoms with van der Waals surface area (Å²) in [4.78, 5) is 14.8. The third-order valence-corrected chi connectivity index (χ3v) is 4.07. The van der Waals surface area contributed by atoms with E-state index < -0.39 is 6.10 Å². The lowest BCUT2D eigenvalue weighted by atomic mass is 10.1. The van der Waals surface area contributed by atoms with E-state index in [-0.39, 0.29) is 12.0 Å². The Morgan fingerprint density at radius 1 is 1.42 bits per heavy atom. The summed E-state index contributed by atoms with van der Waals surface area (Å²) in [6.45, 7) is 3.83. The molecule has 0 radical (unpaired) electrons. The molecule has 0 aliphatic carbocycles. The van der Waals surface area contributed by atoms with Gasteiger partial charge in [-0.3, -0.25) is 4.79 Å². The second kappa shape index (κ2) is 7.55. The Balaban J connectivity index is 1.76. The summed E-state index contributed by atoms with van der Waals surface area (Å²) >= 11 is 0. The Labute approximate surface area is 141 Å². The summed E-state index contributed by atoms with van der Waals surface area (Å²) in [6.07, 6.45) is 0.773. The second-order valence-corrected chi connectivity index (χ2v) is 5.69. The zero-order chi connectivity index (χ0) is 16.9. The van der Waals surface area contributed by atoms with Gasteiger partial charge in [0.1, 0.15) is 12.4 Å². The smallest absolute Gasteiger partial charge is 0.256 e. The van der Waals surface area contributed by atoms with Crippen LogP contribution in [0.4, 0.5) is 0 Å². The first-order chi connectivity index (χ1) is 11.7. The average Bonchev–Trinajstić information content (AvgIpc) is 3.06. The Bertz CT molecular complexity index is 673. The number of carbonyl (C=O) groups excluding carboxylic acids is 1. The van der Waals surface area contributed by atoms with Crippen molar-refractivity contribution in [2.45, 2.75) is 19.1 Å². The quantitative estimate of drug-likeness (QED) is 0.831. The molecule has 1 fully saturated rings. The minimum absolute atomic E-state index is 0.0430. The Morgan fingerprint density at radius 3 is 2.88 bits per heavy atom. The summed E-state index contributed by atoms with van der Waals surface area (Å²) < 4.78 is 13.3. The number of hydrogen-bond donors (Lipinski definition) is 0. The first kappa shape index (κ1) is 16.6. The van der Waals surface area contributed by atoms with Gasteiger partial charge in [-0.15, -0.1) is 10.2 Å². The minimum atomic E-state index is -0.588. The Kier molecular flexibility index (Phi) is 5.22. The number of rotatable bonds is 5. The zero-order valence-corrected chi connectivity index (χ0v) is 14.0. The highest BCUT2D eigenvalue weighted by Gasteiger charge is 2.32. The number of morpholine rings is 1. The summed E-state index contributed by atoms with van der Waals surface area (Å²) in [5.41, 5.74) is 0.867. The molecular formula is C17H22N4O3. The SMILES string of the molecule is CCOC(C(=O)N1CCOC(c2nncn2C)C1)c1ccccc1. The van der Waals surface area contributed by atoms with Crippen LogP contribution in [0.1, 0.15) is 30.5 Å². The highest BCUT2D eigenvalue weighted by molar-refractivity contribution is 5.82. The van der Waals surface area contributed by atoms with Crippen LogP contribution in [0.25, 0.3) is 0 Å². The van der Waals surface area contributed by atoms with Crippen molar-refractivity contribution in [2.24, 2.45) is 7.05 Å². The first-order valence-electron chi connectivity index (χ1n) is 8.11. The van der Waals surface area contributed by atoms with Crippen molar-refractivity contribution in [1.82, 2.24) is 19.7 Å². The molecule has 7 heteroatoms. The van der Waals surface area contributed by atoms with Gasteiger partial charge in [0.25, 0.3) is 5.91 Å². The van der Waals surface area contributed by atoms with Gasteiger partial charge in [0, 0.05) is 20.2 Å². The molecule has 2 atom stereocenters. The molecule has 7 nitrogen and oxygen atoms in total. The van der Waals surface area contributed by atoms with Gasteiger partial charge in [-0.2, -0.15) is 0 Å². The molecule has 2 heterocycles. The number of benzene rings is 1. The molecule has 0 spiro atoms. The predicted molar refractivity (Wildman–Crippen MR) is 87.1 cm³/mol. The normalized spacial score (nSPS) is 19.2. The molecule has 24 heavy (non-hydrogen) atoms. The maximum Gasteiger partial charge on any atom is 0.256 e. The van der Waals surface area contributed by atoms with Gasteiger partial charge < -0.3 is 18.9 Å². The Morgan fingerprint density at radius 2 is 2.21 bits per heavy atom. The number of amides is 1. The van der Waals surface area contributed by atoms with Gasteiger partial charge in [0.15, 0.2) is 11.9 Å². The molecule has 1 saturated heterocycles. The van der Waals surface area contributed by atoms with Crippen LogP contribution in [0.15, 0.2) is 36.7 Å². The van der Waals surface area contributed by atoms with E-state index in [1.165, 1.54) is 0 Å². The summed E-state index contributed by atoms with van der Waals surface area (Å²) in [7, 11) is 1.87. The molecule has 0 bridgehead atoms. The fraction of sp³-hybridized carbons (Fsp3) is 0.471. The van der Waals surface area contributed by atoms with Crippen molar-refractivity contribution in [2.75, 3.05) is 26.3 Å². The third kappa shape index (κ3) is 3.47. The van der Waals surface area contributed by atoms with Crippen molar-refractivity contribution in [3.63, 3.8) is 0 Å². The highest BCUT2D eigenvalue weighted by atomic mass is 16.5. The monoisotopic (exact) mass is 330 g/mol. The maximum absolute atomic E-state index is 13.0. The maximum atomic E-state index is 13.0. The number of aromatic nitrogens is 3. The number of ether oxygens (including phenoxy) is 2. The lowest BCUT2D eigenvalue weighted by molar-refractivity contribution is -0.152. The van der Waals surface area contributed by atoms with Crippen molar-refractivity contribution in [3.05, 3.63) is 48.0 Å². The number of aryl methyl sites for hydroxylation is 1. The second-order valence-electron chi connectivity index (χ2n) is 5.69. The molecule has 0 saturated carbocycles. The van der Waals surface area contributed by atoms with Crippen LogP contribution in [0.5, 0.6) is 0 Å². The lowest BCUT2D eigenvalue weighted by Gasteiger charge is -2.34. The lowest BCUT2D eigenvalue weighted by Crippen LogP contribution is -2.45. The molecule has 1 aromatic heterocycles. The van der Waals surface area contributed by atoms with Crippen LogP contribution >= 0.6 is 0 Å². The van der Waals surface area contributed by atoms with Gasteiger partial charge >= 0.3 is 0 Å². The van der Waals surface area contributed by atoms with E-state index >= 15 is 0 Å². The highest BCUT2D eigenvalue weighted by Crippen LogP contribution is 2.25. The van der Waals surface area contributed by atoms with E-state index in [0.717, 1.165) is 11.4 Å². The zero-order valence-electron chi connectivity index (χ0n) is 14.0. The molecule has 1 aliphatic heterocycles. The first-order valence-corrected chi connectivity index (χ1v) is 8.11. The van der Waals surface area contributed by atoms with Crippen LogP contribution < -0.4 is 0 Å². The standard InChI is InChI=1S/C17H22N4O3/c1-3-23-15(13-7-5-4-6-8-13)17(22)21-9-10-24-14(11-21)16-19-18-12-20(16)2/h4-8,12,14-15H,3,9-11H2,1-2H3. The van der Waals surface area contributed by atoms with Crippen molar-refractivity contribution in [3.8, 4) is 0 Å². The molecule has 2 aromatic rings. The van der Waals surface area contributed by atoms with Crippen molar-refractivity contribution in [1.29, 1.82) is 0 Å². The summed E-state index contributed by atoms with van der Waals surface area (Å²) in [6, 6.07) is 9.58. The summed E-state index contributed by atoms with van der Waals surface area (Å²) in [5, 5.41) is 7.98. The van der Waals surface area contributed by atoms with Gasteiger partial charge in [0.2, 0.25) is 0 Å². The van der Waals surface area contributed by atoms with Crippen LogP contribution in [0.2, 0.25) is 0 Å². The molecule has 3 rings (SSSR count). The van der Waals surface area contributed by atoms with E-state index in [4.69, 9.17) is 9.47 Å². The van der Waals surface area contributed by atoms with E-state index in [1.54, 1.807) is 11.2 Å². The van der Waals surface area contributed by atoms with Gasteiger partial charge in [0.05, 0.1) is 13.2 Å². The largest absolute Gasteiger partial charge is 0.366 e.